The Morgan fingerprint density at radius 1 is 1.10 bits per heavy atom. The fourth-order valence-corrected chi connectivity index (χ4v) is 3.95. The van der Waals surface area contributed by atoms with Crippen LogP contribution in [0, 0.1) is 28.4 Å². The zero-order valence-electron chi connectivity index (χ0n) is 16.1. The van der Waals surface area contributed by atoms with E-state index in [1.165, 1.54) is 12.1 Å². The van der Waals surface area contributed by atoms with Gasteiger partial charge in [-0.1, -0.05) is 11.6 Å². The van der Waals surface area contributed by atoms with Crippen LogP contribution in [0.1, 0.15) is 24.8 Å². The van der Waals surface area contributed by atoms with Gasteiger partial charge in [-0.3, -0.25) is 20.3 Å². The van der Waals surface area contributed by atoms with Gasteiger partial charge < -0.3 is 4.90 Å². The summed E-state index contributed by atoms with van der Waals surface area (Å²) >= 11 is 6.45. The third-order valence-corrected chi connectivity index (χ3v) is 6.06. The van der Waals surface area contributed by atoms with E-state index < -0.39 is 11.6 Å². The molecule has 2 aromatic rings. The molecule has 154 valence electrons. The molecule has 5 nitrogen and oxygen atoms in total. The summed E-state index contributed by atoms with van der Waals surface area (Å²) in [5.74, 6) is -0.116. The van der Waals surface area contributed by atoms with Crippen molar-refractivity contribution in [3.8, 4) is 0 Å². The Bertz CT molecular complexity index is 978. The molecule has 0 amide bonds. The molecular weight excluding hydrogens is 396 g/mol. The Labute approximate surface area is 173 Å². The highest BCUT2D eigenvalue weighted by Crippen LogP contribution is 2.32. The van der Waals surface area contributed by atoms with Crippen molar-refractivity contribution >= 4 is 23.1 Å². The van der Waals surface area contributed by atoms with E-state index in [2.05, 4.69) is 4.90 Å². The molecule has 2 aliphatic rings. The Hall–Kier alpha value is -2.25. The van der Waals surface area contributed by atoms with Crippen molar-refractivity contribution in [1.29, 1.82) is 10.8 Å². The van der Waals surface area contributed by atoms with Crippen molar-refractivity contribution in [3.05, 3.63) is 58.2 Å². The molecule has 0 unspecified atom stereocenters. The van der Waals surface area contributed by atoms with E-state index in [0.29, 0.717) is 61.6 Å². The molecule has 0 spiro atoms. The van der Waals surface area contributed by atoms with Gasteiger partial charge in [-0.25, -0.2) is 8.78 Å². The van der Waals surface area contributed by atoms with E-state index in [9.17, 15) is 8.78 Å². The van der Waals surface area contributed by atoms with Gasteiger partial charge in [0, 0.05) is 51.4 Å². The number of nitrogens with one attached hydrogen (secondary N) is 2. The SMILES string of the molecule is N=C(CC1CC1)n1ccc(CN2CCN(c3ccc(F)cc3F)CC2)c(Cl)c1=N. The van der Waals surface area contributed by atoms with Crippen molar-refractivity contribution in [2.75, 3.05) is 31.1 Å². The molecule has 4 rings (SSSR count). The van der Waals surface area contributed by atoms with Gasteiger partial charge in [-0.05, 0) is 42.5 Å². The number of benzene rings is 1. The Balaban J connectivity index is 1.39. The first-order valence-electron chi connectivity index (χ1n) is 9.87. The molecule has 1 saturated heterocycles. The van der Waals surface area contributed by atoms with Gasteiger partial charge in [-0.2, -0.15) is 0 Å². The first-order chi connectivity index (χ1) is 13.9. The number of rotatable bonds is 5. The van der Waals surface area contributed by atoms with E-state index in [1.54, 1.807) is 10.8 Å². The molecule has 0 atom stereocenters. The first kappa shape index (κ1) is 20.0. The molecule has 0 radical (unpaired) electrons. The number of aromatic nitrogens is 1. The van der Waals surface area contributed by atoms with Crippen molar-refractivity contribution in [1.82, 2.24) is 9.47 Å². The lowest BCUT2D eigenvalue weighted by Crippen LogP contribution is -2.46. The maximum atomic E-state index is 14.0. The summed E-state index contributed by atoms with van der Waals surface area (Å²) in [6.45, 7) is 3.29. The van der Waals surface area contributed by atoms with Gasteiger partial charge >= 0.3 is 0 Å². The minimum Gasteiger partial charge on any atom is -0.367 e. The second-order valence-corrected chi connectivity index (χ2v) is 8.20. The van der Waals surface area contributed by atoms with Crippen LogP contribution >= 0.6 is 11.6 Å². The highest BCUT2D eigenvalue weighted by atomic mass is 35.5. The predicted octanol–water partition coefficient (Wildman–Crippen LogP) is 3.85. The highest BCUT2D eigenvalue weighted by Gasteiger charge is 2.24. The van der Waals surface area contributed by atoms with E-state index in [1.807, 2.05) is 11.0 Å². The van der Waals surface area contributed by atoms with Gasteiger partial charge in [0.25, 0.3) is 0 Å². The van der Waals surface area contributed by atoms with Crippen LogP contribution in [0.15, 0.2) is 30.5 Å². The molecule has 1 aromatic carbocycles. The lowest BCUT2D eigenvalue weighted by atomic mass is 10.2. The number of halogens is 3. The standard InChI is InChI=1S/C21H24ClF2N5/c22-20-15(5-6-29(21(20)26)19(25)11-14-1-2-14)13-27-7-9-28(10-8-27)18-4-3-16(23)12-17(18)24/h3-6,12,14,25-26H,1-2,7-11,13H2. The molecule has 1 aliphatic heterocycles. The van der Waals surface area contributed by atoms with E-state index in [4.69, 9.17) is 22.4 Å². The minimum atomic E-state index is -0.572. The van der Waals surface area contributed by atoms with Gasteiger partial charge in [0.2, 0.25) is 0 Å². The van der Waals surface area contributed by atoms with Crippen LogP contribution in [-0.4, -0.2) is 41.5 Å². The summed E-state index contributed by atoms with van der Waals surface area (Å²) < 4.78 is 28.7. The van der Waals surface area contributed by atoms with Crippen LogP contribution in [-0.2, 0) is 6.54 Å². The van der Waals surface area contributed by atoms with Crippen LogP contribution in [0.3, 0.4) is 0 Å². The molecule has 1 saturated carbocycles. The molecule has 0 bridgehead atoms. The summed E-state index contributed by atoms with van der Waals surface area (Å²) in [6.07, 6.45) is 4.78. The number of piperazine rings is 1. The number of anilines is 1. The maximum absolute atomic E-state index is 14.0. The Morgan fingerprint density at radius 3 is 2.48 bits per heavy atom. The summed E-state index contributed by atoms with van der Waals surface area (Å²) in [6, 6.07) is 5.56. The van der Waals surface area contributed by atoms with E-state index in [-0.39, 0.29) is 5.49 Å². The van der Waals surface area contributed by atoms with Crippen molar-refractivity contribution in [2.45, 2.75) is 25.8 Å². The topological polar surface area (TPSA) is 59.1 Å². The second-order valence-electron chi connectivity index (χ2n) is 7.83. The largest absolute Gasteiger partial charge is 0.367 e. The van der Waals surface area contributed by atoms with Crippen LogP contribution < -0.4 is 10.4 Å². The second kappa shape index (κ2) is 8.24. The quantitative estimate of drug-likeness (QED) is 0.571. The predicted molar refractivity (Wildman–Crippen MR) is 110 cm³/mol. The molecule has 2 N–H and O–H groups in total. The molecule has 1 aliphatic carbocycles. The smallest absolute Gasteiger partial charge is 0.149 e. The van der Waals surface area contributed by atoms with Crippen molar-refractivity contribution in [2.24, 2.45) is 5.92 Å². The molecule has 1 aromatic heterocycles. The molecule has 2 heterocycles. The zero-order valence-corrected chi connectivity index (χ0v) is 16.9. The van der Waals surface area contributed by atoms with Crippen LogP contribution in [0.4, 0.5) is 14.5 Å². The monoisotopic (exact) mass is 419 g/mol. The summed E-state index contributed by atoms with van der Waals surface area (Å²) in [5, 5.41) is 16.9. The molecule has 2 fully saturated rings. The van der Waals surface area contributed by atoms with E-state index >= 15 is 0 Å². The number of hydrogen-bond donors (Lipinski definition) is 2. The fourth-order valence-electron chi connectivity index (χ4n) is 3.74. The maximum Gasteiger partial charge on any atom is 0.149 e. The molecular formula is C21H24ClF2N5. The average molecular weight is 420 g/mol. The highest BCUT2D eigenvalue weighted by molar-refractivity contribution is 6.31. The van der Waals surface area contributed by atoms with Gasteiger partial charge in [0.1, 0.15) is 23.0 Å². The Kier molecular flexibility index (Phi) is 5.69. The van der Waals surface area contributed by atoms with Crippen molar-refractivity contribution in [3.63, 3.8) is 0 Å². The summed E-state index contributed by atoms with van der Waals surface area (Å²) in [7, 11) is 0. The molecule has 29 heavy (non-hydrogen) atoms. The third kappa shape index (κ3) is 4.51. The minimum absolute atomic E-state index is 0.154. The van der Waals surface area contributed by atoms with Gasteiger partial charge in [-0.15, -0.1) is 0 Å². The first-order valence-corrected chi connectivity index (χ1v) is 10.2. The zero-order chi connectivity index (χ0) is 20.5. The molecule has 8 heteroatoms. The summed E-state index contributed by atoms with van der Waals surface area (Å²) in [5.41, 5.74) is 1.43. The van der Waals surface area contributed by atoms with Crippen molar-refractivity contribution < 1.29 is 8.78 Å². The normalized spacial score (nSPS) is 17.6. The number of hydrogen-bond acceptors (Lipinski definition) is 4. The Morgan fingerprint density at radius 2 is 1.83 bits per heavy atom. The number of pyridine rings is 1. The van der Waals surface area contributed by atoms with Crippen LogP contribution in [0.2, 0.25) is 5.02 Å². The van der Waals surface area contributed by atoms with Crippen LogP contribution in [0.5, 0.6) is 0 Å². The average Bonchev–Trinajstić information content (AvgIpc) is 3.50. The fraction of sp³-hybridized carbons (Fsp3) is 0.429. The van der Waals surface area contributed by atoms with Crippen LogP contribution in [0.25, 0.3) is 0 Å². The van der Waals surface area contributed by atoms with Gasteiger partial charge in [0.05, 0.1) is 10.7 Å². The third-order valence-electron chi connectivity index (χ3n) is 5.64. The lowest BCUT2D eigenvalue weighted by molar-refractivity contribution is 0.249. The van der Waals surface area contributed by atoms with Gasteiger partial charge in [0.15, 0.2) is 0 Å². The van der Waals surface area contributed by atoms with E-state index in [0.717, 1.165) is 24.5 Å². The number of nitrogens with zero attached hydrogens (tertiary/aromatic N) is 3. The summed E-state index contributed by atoms with van der Waals surface area (Å²) in [4.78, 5) is 4.12. The lowest BCUT2D eigenvalue weighted by Gasteiger charge is -2.36.